The fraction of sp³-hybridized carbons (Fsp3) is 0.158. The van der Waals surface area contributed by atoms with Gasteiger partial charge in [0.05, 0.1) is 11.6 Å². The summed E-state index contributed by atoms with van der Waals surface area (Å²) in [6, 6.07) is 11.9. The van der Waals surface area contributed by atoms with E-state index in [-0.39, 0.29) is 11.3 Å². The van der Waals surface area contributed by atoms with Gasteiger partial charge in [-0.2, -0.15) is 0 Å². The number of carbonyl (C=O) groups is 2. The molecule has 1 aliphatic heterocycles. The fourth-order valence-electron chi connectivity index (χ4n) is 2.85. The summed E-state index contributed by atoms with van der Waals surface area (Å²) in [5.74, 6) is -2.17. The molecule has 122 valence electrons. The van der Waals surface area contributed by atoms with E-state index in [4.69, 9.17) is 0 Å². The second-order valence-electron chi connectivity index (χ2n) is 5.83. The smallest absolute Gasteiger partial charge is 0.295 e. The summed E-state index contributed by atoms with van der Waals surface area (Å²) < 4.78 is 13.1. The number of aliphatic hydroxyl groups excluding tert-OH is 1. The lowest BCUT2D eigenvalue weighted by atomic mass is 9.95. The summed E-state index contributed by atoms with van der Waals surface area (Å²) in [5, 5.41) is 10.6. The molecular formula is C19H16FNO3. The first-order valence-corrected chi connectivity index (χ1v) is 7.47. The van der Waals surface area contributed by atoms with Gasteiger partial charge in [0.15, 0.2) is 0 Å². The highest BCUT2D eigenvalue weighted by molar-refractivity contribution is 6.46. The molecule has 0 spiro atoms. The largest absolute Gasteiger partial charge is 0.507 e. The van der Waals surface area contributed by atoms with Gasteiger partial charge in [-0.15, -0.1) is 0 Å². The molecule has 1 amide bonds. The quantitative estimate of drug-likeness (QED) is 0.524. The number of halogens is 1. The molecule has 0 radical (unpaired) electrons. The summed E-state index contributed by atoms with van der Waals surface area (Å²) in [7, 11) is 1.52. The maximum Gasteiger partial charge on any atom is 0.295 e. The van der Waals surface area contributed by atoms with Crippen LogP contribution in [0.25, 0.3) is 5.76 Å². The zero-order valence-electron chi connectivity index (χ0n) is 13.3. The lowest BCUT2D eigenvalue weighted by Crippen LogP contribution is -2.24. The van der Waals surface area contributed by atoms with Gasteiger partial charge in [0, 0.05) is 12.6 Å². The van der Waals surface area contributed by atoms with Crippen LogP contribution in [0.5, 0.6) is 0 Å². The summed E-state index contributed by atoms with van der Waals surface area (Å²) in [6.45, 7) is 1.94. The van der Waals surface area contributed by atoms with Gasteiger partial charge in [0.1, 0.15) is 11.6 Å². The molecule has 1 heterocycles. The minimum atomic E-state index is -0.745. The number of likely N-dealkylation sites (tertiary alicyclic amines) is 1. The number of aliphatic hydroxyl groups is 1. The van der Waals surface area contributed by atoms with Crippen LogP contribution in [0.2, 0.25) is 0 Å². The number of Topliss-reactive ketones (excluding diaryl/α,β-unsaturated/α-hetero) is 1. The molecule has 2 aromatic carbocycles. The van der Waals surface area contributed by atoms with Crippen molar-refractivity contribution in [3.05, 3.63) is 76.6 Å². The first-order valence-electron chi connectivity index (χ1n) is 7.47. The lowest BCUT2D eigenvalue weighted by molar-refractivity contribution is -0.139. The van der Waals surface area contributed by atoms with Gasteiger partial charge < -0.3 is 10.0 Å². The van der Waals surface area contributed by atoms with Gasteiger partial charge in [-0.1, -0.05) is 29.8 Å². The number of ketones is 1. The van der Waals surface area contributed by atoms with Crippen LogP contribution in [0.15, 0.2) is 54.1 Å². The first-order chi connectivity index (χ1) is 11.4. The molecule has 1 atom stereocenters. The Morgan fingerprint density at radius 3 is 2.21 bits per heavy atom. The van der Waals surface area contributed by atoms with E-state index in [0.717, 1.165) is 11.1 Å². The van der Waals surface area contributed by atoms with E-state index in [1.807, 2.05) is 31.2 Å². The molecule has 0 bridgehead atoms. The molecule has 1 unspecified atom stereocenters. The second-order valence-corrected chi connectivity index (χ2v) is 5.83. The second kappa shape index (κ2) is 5.92. The Bertz CT molecular complexity index is 838. The van der Waals surface area contributed by atoms with Crippen LogP contribution < -0.4 is 0 Å². The number of rotatable bonds is 2. The van der Waals surface area contributed by atoms with Crippen molar-refractivity contribution in [3.8, 4) is 0 Å². The Balaban J connectivity index is 2.16. The Morgan fingerprint density at radius 1 is 1.04 bits per heavy atom. The van der Waals surface area contributed by atoms with Gasteiger partial charge in [0.25, 0.3) is 11.7 Å². The van der Waals surface area contributed by atoms with Crippen LogP contribution in [0.4, 0.5) is 4.39 Å². The van der Waals surface area contributed by atoms with E-state index in [0.29, 0.717) is 5.56 Å². The fourth-order valence-corrected chi connectivity index (χ4v) is 2.85. The third-order valence-electron chi connectivity index (χ3n) is 4.19. The third-order valence-corrected chi connectivity index (χ3v) is 4.19. The topological polar surface area (TPSA) is 57.6 Å². The van der Waals surface area contributed by atoms with E-state index < -0.39 is 23.5 Å². The van der Waals surface area contributed by atoms with Crippen molar-refractivity contribution >= 4 is 17.4 Å². The highest BCUT2D eigenvalue weighted by Gasteiger charge is 2.44. The molecule has 1 N–H and O–H groups in total. The van der Waals surface area contributed by atoms with Crippen molar-refractivity contribution in [2.24, 2.45) is 0 Å². The normalized spacial score (nSPS) is 19.8. The highest BCUT2D eigenvalue weighted by atomic mass is 19.1. The molecule has 2 aromatic rings. The number of likely N-dealkylation sites (N-methyl/N-ethyl adjacent to an activating group) is 1. The number of benzene rings is 2. The molecule has 1 aliphatic rings. The average Bonchev–Trinajstić information content (AvgIpc) is 2.80. The average molecular weight is 325 g/mol. The lowest BCUT2D eigenvalue weighted by Gasteiger charge is -2.21. The molecule has 1 saturated heterocycles. The number of hydrogen-bond donors (Lipinski definition) is 1. The predicted octanol–water partition coefficient (Wildman–Crippen LogP) is 3.19. The maximum atomic E-state index is 13.1. The van der Waals surface area contributed by atoms with Crippen molar-refractivity contribution in [3.63, 3.8) is 0 Å². The standard InChI is InChI=1S/C19H16FNO3/c1-11-3-5-12(6-4-11)16-15(18(23)19(24)21(16)2)17(22)13-7-9-14(20)10-8-13/h3-10,16,22H,1-2H3/b17-15+. The number of hydrogen-bond acceptors (Lipinski definition) is 3. The molecular weight excluding hydrogens is 309 g/mol. The Kier molecular flexibility index (Phi) is 3.93. The van der Waals surface area contributed by atoms with Crippen molar-refractivity contribution in [1.82, 2.24) is 4.90 Å². The SMILES string of the molecule is Cc1ccc(C2/C(=C(\O)c3ccc(F)cc3)C(=O)C(=O)N2C)cc1. The van der Waals surface area contributed by atoms with Gasteiger partial charge in [0.2, 0.25) is 0 Å². The summed E-state index contributed by atoms with van der Waals surface area (Å²) in [6.07, 6.45) is 0. The van der Waals surface area contributed by atoms with Crippen molar-refractivity contribution in [2.45, 2.75) is 13.0 Å². The van der Waals surface area contributed by atoms with E-state index in [2.05, 4.69) is 0 Å². The van der Waals surface area contributed by atoms with Gasteiger partial charge >= 0.3 is 0 Å². The van der Waals surface area contributed by atoms with E-state index in [1.54, 1.807) is 0 Å². The van der Waals surface area contributed by atoms with E-state index >= 15 is 0 Å². The number of carbonyl (C=O) groups excluding carboxylic acids is 2. The highest BCUT2D eigenvalue weighted by Crippen LogP contribution is 2.38. The van der Waals surface area contributed by atoms with Crippen molar-refractivity contribution < 1.29 is 19.1 Å². The monoisotopic (exact) mass is 325 g/mol. The molecule has 4 nitrogen and oxygen atoms in total. The first kappa shape index (κ1) is 15.9. The zero-order chi connectivity index (χ0) is 17.4. The van der Waals surface area contributed by atoms with E-state index in [9.17, 15) is 19.1 Å². The maximum absolute atomic E-state index is 13.1. The Morgan fingerprint density at radius 2 is 1.62 bits per heavy atom. The summed E-state index contributed by atoms with van der Waals surface area (Å²) in [4.78, 5) is 25.8. The molecule has 0 aromatic heterocycles. The predicted molar refractivity (Wildman–Crippen MR) is 87.6 cm³/mol. The van der Waals surface area contributed by atoms with Crippen LogP contribution >= 0.6 is 0 Å². The van der Waals surface area contributed by atoms with Crippen molar-refractivity contribution in [2.75, 3.05) is 7.05 Å². The minimum Gasteiger partial charge on any atom is -0.507 e. The zero-order valence-corrected chi connectivity index (χ0v) is 13.3. The van der Waals surface area contributed by atoms with Gasteiger partial charge in [-0.25, -0.2) is 4.39 Å². The molecule has 0 saturated carbocycles. The van der Waals surface area contributed by atoms with Crippen LogP contribution in [0.3, 0.4) is 0 Å². The van der Waals surface area contributed by atoms with Crippen LogP contribution in [0.1, 0.15) is 22.7 Å². The molecule has 3 rings (SSSR count). The summed E-state index contributed by atoms with van der Waals surface area (Å²) in [5.41, 5.74) is 2.08. The van der Waals surface area contributed by atoms with Crippen LogP contribution in [-0.4, -0.2) is 28.7 Å². The number of nitrogens with zero attached hydrogens (tertiary/aromatic N) is 1. The van der Waals surface area contributed by atoms with Crippen LogP contribution in [-0.2, 0) is 9.59 Å². The Labute approximate surface area is 138 Å². The van der Waals surface area contributed by atoms with Crippen molar-refractivity contribution in [1.29, 1.82) is 0 Å². The summed E-state index contributed by atoms with van der Waals surface area (Å²) >= 11 is 0. The molecule has 5 heteroatoms. The van der Waals surface area contributed by atoms with Crippen LogP contribution in [0, 0.1) is 12.7 Å². The third kappa shape index (κ3) is 2.58. The van der Waals surface area contributed by atoms with E-state index in [1.165, 1.54) is 36.2 Å². The van der Waals surface area contributed by atoms with Gasteiger partial charge in [-0.3, -0.25) is 9.59 Å². The molecule has 24 heavy (non-hydrogen) atoms. The minimum absolute atomic E-state index is 0.0120. The number of aryl methyl sites for hydroxylation is 1. The number of amides is 1. The molecule has 0 aliphatic carbocycles. The van der Waals surface area contributed by atoms with Gasteiger partial charge in [-0.05, 0) is 36.8 Å². The Hall–Kier alpha value is -2.95. The molecule has 1 fully saturated rings.